The summed E-state index contributed by atoms with van der Waals surface area (Å²) in [4.78, 5) is 0. The molecule has 1 aliphatic rings. The summed E-state index contributed by atoms with van der Waals surface area (Å²) in [5, 5.41) is 12.4. The number of nitrogens with one attached hydrogen (secondary N) is 1. The predicted octanol–water partition coefficient (Wildman–Crippen LogP) is 2.99. The average Bonchev–Trinajstić information content (AvgIpc) is 2.64. The minimum Gasteiger partial charge on any atom is -0.397 e. The molecule has 90 valence electrons. The summed E-state index contributed by atoms with van der Waals surface area (Å²) in [6.45, 7) is 8.98. The smallest absolute Gasteiger partial charge is 0.0992 e. The van der Waals surface area contributed by atoms with Gasteiger partial charge in [0.1, 0.15) is 0 Å². The Balaban J connectivity index is 2.24. The lowest BCUT2D eigenvalue weighted by molar-refractivity contribution is 0.457. The fraction of sp³-hybridized carbons (Fsp3) is 0.500. The van der Waals surface area contributed by atoms with Crippen LogP contribution in [0.15, 0.2) is 18.2 Å². The zero-order valence-electron chi connectivity index (χ0n) is 10.8. The zero-order chi connectivity index (χ0) is 12.8. The highest BCUT2D eigenvalue weighted by molar-refractivity contribution is 5.69. The van der Waals surface area contributed by atoms with E-state index in [-0.39, 0.29) is 10.8 Å². The van der Waals surface area contributed by atoms with Crippen LogP contribution in [0.4, 0.5) is 11.4 Å². The summed E-state index contributed by atoms with van der Waals surface area (Å²) in [7, 11) is 0. The fourth-order valence-corrected chi connectivity index (χ4v) is 2.46. The first-order valence-corrected chi connectivity index (χ1v) is 5.87. The maximum absolute atomic E-state index is 8.89. The number of anilines is 2. The molecule has 1 fully saturated rings. The van der Waals surface area contributed by atoms with Gasteiger partial charge in [0, 0.05) is 6.04 Å². The Morgan fingerprint density at radius 3 is 2.29 bits per heavy atom. The van der Waals surface area contributed by atoms with Crippen LogP contribution in [0.2, 0.25) is 0 Å². The largest absolute Gasteiger partial charge is 0.397 e. The third-order valence-corrected chi connectivity index (χ3v) is 4.50. The van der Waals surface area contributed by atoms with Gasteiger partial charge in [-0.2, -0.15) is 5.26 Å². The first kappa shape index (κ1) is 11.8. The third kappa shape index (κ3) is 1.64. The maximum Gasteiger partial charge on any atom is 0.0992 e. The van der Waals surface area contributed by atoms with Crippen molar-refractivity contribution in [1.29, 1.82) is 5.26 Å². The summed E-state index contributed by atoms with van der Waals surface area (Å²) >= 11 is 0. The third-order valence-electron chi connectivity index (χ3n) is 4.50. The van der Waals surface area contributed by atoms with Gasteiger partial charge in [-0.15, -0.1) is 0 Å². The van der Waals surface area contributed by atoms with E-state index in [1.807, 2.05) is 6.07 Å². The lowest BCUT2D eigenvalue weighted by Gasteiger charge is -2.11. The van der Waals surface area contributed by atoms with Gasteiger partial charge in [-0.25, -0.2) is 0 Å². The van der Waals surface area contributed by atoms with Gasteiger partial charge in [0.05, 0.1) is 23.0 Å². The van der Waals surface area contributed by atoms with Gasteiger partial charge < -0.3 is 11.1 Å². The molecule has 1 aromatic rings. The molecule has 0 spiro atoms. The van der Waals surface area contributed by atoms with Crippen LogP contribution in [0, 0.1) is 22.2 Å². The predicted molar refractivity (Wildman–Crippen MR) is 70.5 cm³/mol. The van der Waals surface area contributed by atoms with Crippen molar-refractivity contribution in [1.82, 2.24) is 0 Å². The molecular weight excluding hydrogens is 210 g/mol. The van der Waals surface area contributed by atoms with Gasteiger partial charge in [-0.1, -0.05) is 27.7 Å². The van der Waals surface area contributed by atoms with Gasteiger partial charge >= 0.3 is 0 Å². The minimum atomic E-state index is 0.252. The van der Waals surface area contributed by atoms with E-state index < -0.39 is 0 Å². The number of nitriles is 1. The number of nitrogens with two attached hydrogens (primary N) is 1. The van der Waals surface area contributed by atoms with Crippen LogP contribution in [-0.4, -0.2) is 6.04 Å². The maximum atomic E-state index is 8.89. The summed E-state index contributed by atoms with van der Waals surface area (Å²) in [6, 6.07) is 7.87. The number of rotatable bonds is 2. The minimum absolute atomic E-state index is 0.252. The Bertz CT molecular complexity index is 481. The van der Waals surface area contributed by atoms with E-state index in [1.54, 1.807) is 12.1 Å². The molecule has 0 unspecified atom stereocenters. The van der Waals surface area contributed by atoms with Crippen LogP contribution in [-0.2, 0) is 0 Å². The highest BCUT2D eigenvalue weighted by Crippen LogP contribution is 2.63. The molecule has 0 bridgehead atoms. The lowest BCUT2D eigenvalue weighted by atomic mass is 10.0. The molecule has 1 saturated carbocycles. The second-order valence-corrected chi connectivity index (χ2v) is 5.93. The van der Waals surface area contributed by atoms with E-state index in [2.05, 4.69) is 39.1 Å². The van der Waals surface area contributed by atoms with Gasteiger partial charge in [0.15, 0.2) is 0 Å². The van der Waals surface area contributed by atoms with Crippen LogP contribution in [0.3, 0.4) is 0 Å². The summed E-state index contributed by atoms with van der Waals surface area (Å²) in [5.41, 5.74) is 8.63. The first-order chi connectivity index (χ1) is 7.80. The van der Waals surface area contributed by atoms with E-state index in [1.165, 1.54) is 0 Å². The Kier molecular flexibility index (Phi) is 2.36. The number of benzene rings is 1. The average molecular weight is 229 g/mol. The number of nitrogens with zero attached hydrogens (tertiary/aromatic N) is 1. The van der Waals surface area contributed by atoms with Crippen LogP contribution in [0.1, 0.15) is 33.3 Å². The number of hydrogen-bond donors (Lipinski definition) is 2. The summed E-state index contributed by atoms with van der Waals surface area (Å²) in [5.74, 6) is 0. The topological polar surface area (TPSA) is 61.8 Å². The number of nitrogen functional groups attached to an aromatic ring is 1. The van der Waals surface area contributed by atoms with E-state index in [9.17, 15) is 0 Å². The Morgan fingerprint density at radius 1 is 1.24 bits per heavy atom. The SMILES string of the molecule is CC1(C)C(Nc2cc(C#N)ccc2N)C1(C)C. The van der Waals surface area contributed by atoms with Crippen molar-refractivity contribution in [3.8, 4) is 6.07 Å². The van der Waals surface area contributed by atoms with Crippen LogP contribution in [0.25, 0.3) is 0 Å². The van der Waals surface area contributed by atoms with Crippen LogP contribution >= 0.6 is 0 Å². The molecule has 17 heavy (non-hydrogen) atoms. The molecule has 3 N–H and O–H groups in total. The second-order valence-electron chi connectivity index (χ2n) is 5.93. The molecule has 0 atom stereocenters. The molecule has 0 aromatic heterocycles. The summed E-state index contributed by atoms with van der Waals surface area (Å²) in [6.07, 6.45) is 0. The Morgan fingerprint density at radius 2 is 1.82 bits per heavy atom. The van der Waals surface area contributed by atoms with E-state index in [4.69, 9.17) is 11.0 Å². The fourth-order valence-electron chi connectivity index (χ4n) is 2.46. The van der Waals surface area contributed by atoms with Crippen LogP contribution < -0.4 is 11.1 Å². The molecule has 0 radical (unpaired) electrons. The molecule has 1 aliphatic carbocycles. The van der Waals surface area contributed by atoms with Crippen molar-refractivity contribution in [2.75, 3.05) is 11.1 Å². The quantitative estimate of drug-likeness (QED) is 0.766. The highest BCUT2D eigenvalue weighted by Gasteiger charge is 2.64. The standard InChI is InChI=1S/C14H19N3/c1-13(2)12(14(13,3)4)17-11-7-9(8-15)5-6-10(11)16/h5-7,12,17H,16H2,1-4H3. The van der Waals surface area contributed by atoms with Crippen molar-refractivity contribution < 1.29 is 0 Å². The molecule has 0 saturated heterocycles. The second kappa shape index (κ2) is 3.40. The molecule has 1 aromatic carbocycles. The Hall–Kier alpha value is -1.69. The molecular formula is C14H19N3. The lowest BCUT2D eigenvalue weighted by Crippen LogP contribution is -2.11. The van der Waals surface area contributed by atoms with E-state index in [0.29, 0.717) is 17.3 Å². The van der Waals surface area contributed by atoms with Gasteiger partial charge in [-0.3, -0.25) is 0 Å². The molecule has 3 nitrogen and oxygen atoms in total. The normalized spacial score (nSPS) is 20.6. The highest BCUT2D eigenvalue weighted by atomic mass is 15.1. The van der Waals surface area contributed by atoms with E-state index >= 15 is 0 Å². The van der Waals surface area contributed by atoms with Gasteiger partial charge in [0.25, 0.3) is 0 Å². The number of hydrogen-bond acceptors (Lipinski definition) is 3. The molecule has 0 heterocycles. The molecule has 3 heteroatoms. The van der Waals surface area contributed by atoms with E-state index in [0.717, 1.165) is 5.69 Å². The van der Waals surface area contributed by atoms with Crippen molar-refractivity contribution in [2.45, 2.75) is 33.7 Å². The van der Waals surface area contributed by atoms with Crippen molar-refractivity contribution in [2.24, 2.45) is 10.8 Å². The summed E-state index contributed by atoms with van der Waals surface area (Å²) < 4.78 is 0. The molecule has 2 rings (SSSR count). The first-order valence-electron chi connectivity index (χ1n) is 5.87. The van der Waals surface area contributed by atoms with Crippen molar-refractivity contribution in [3.05, 3.63) is 23.8 Å². The van der Waals surface area contributed by atoms with Crippen molar-refractivity contribution in [3.63, 3.8) is 0 Å². The monoisotopic (exact) mass is 229 g/mol. The zero-order valence-corrected chi connectivity index (χ0v) is 10.8. The van der Waals surface area contributed by atoms with Gasteiger partial charge in [-0.05, 0) is 29.0 Å². The molecule has 0 amide bonds. The van der Waals surface area contributed by atoms with Gasteiger partial charge in [0.2, 0.25) is 0 Å². The van der Waals surface area contributed by atoms with Crippen molar-refractivity contribution >= 4 is 11.4 Å². The molecule has 0 aliphatic heterocycles. The Labute approximate surface area is 103 Å². The van der Waals surface area contributed by atoms with Crippen LogP contribution in [0.5, 0.6) is 0 Å².